The molecule has 0 spiro atoms. The van der Waals surface area contributed by atoms with Crippen molar-refractivity contribution in [1.29, 1.82) is 0 Å². The molecule has 0 aliphatic carbocycles. The van der Waals surface area contributed by atoms with Crippen LogP contribution in [0.2, 0.25) is 0 Å². The van der Waals surface area contributed by atoms with Crippen LogP contribution in [0, 0.1) is 17.3 Å². The molecule has 0 aromatic carbocycles. The normalized spacial score (nSPS) is 27.2. The van der Waals surface area contributed by atoms with E-state index in [1.54, 1.807) is 0 Å². The molecule has 37 heavy (non-hydrogen) atoms. The number of nitrogens with one attached hydrogen (secondary N) is 1. The lowest BCUT2D eigenvalue weighted by Gasteiger charge is -2.35. The second-order valence-electron chi connectivity index (χ2n) is 12.0. The maximum absolute atomic E-state index is 12.8. The van der Waals surface area contributed by atoms with Crippen LogP contribution in [0.1, 0.15) is 100 Å². The van der Waals surface area contributed by atoms with Crippen molar-refractivity contribution in [2.75, 3.05) is 6.61 Å². The molecule has 0 bridgehead atoms. The lowest BCUT2D eigenvalue weighted by Crippen LogP contribution is -2.50. The zero-order chi connectivity index (χ0) is 28.6. The van der Waals surface area contributed by atoms with Crippen LogP contribution in [-0.2, 0) is 19.1 Å². The van der Waals surface area contributed by atoms with E-state index in [1.165, 1.54) is 0 Å². The van der Waals surface area contributed by atoms with Crippen molar-refractivity contribution in [2.24, 2.45) is 17.3 Å². The van der Waals surface area contributed by atoms with E-state index in [4.69, 9.17) is 9.47 Å². The molecule has 218 valence electrons. The first kappa shape index (κ1) is 33.9. The molecule has 9 heteroatoms. The first-order valence-corrected chi connectivity index (χ1v) is 14.0. The van der Waals surface area contributed by atoms with Crippen molar-refractivity contribution < 1.29 is 39.5 Å². The summed E-state index contributed by atoms with van der Waals surface area (Å²) >= 11 is 0. The van der Waals surface area contributed by atoms with Crippen LogP contribution in [0.5, 0.6) is 0 Å². The molecule has 0 aromatic rings. The summed E-state index contributed by atoms with van der Waals surface area (Å²) in [6, 6.07) is -0.341. The number of carbonyl (C=O) groups is 2. The fraction of sp³-hybridized carbons (Fsp3) is 0.929. The summed E-state index contributed by atoms with van der Waals surface area (Å²) < 4.78 is 11.4. The molecular weight excluding hydrogens is 478 g/mol. The number of aliphatic hydroxyl groups is 4. The summed E-state index contributed by atoms with van der Waals surface area (Å²) in [6.45, 7) is 15.0. The highest BCUT2D eigenvalue weighted by Gasteiger charge is 2.50. The molecule has 1 heterocycles. The van der Waals surface area contributed by atoms with Gasteiger partial charge in [0.15, 0.2) is 0 Å². The van der Waals surface area contributed by atoms with Crippen molar-refractivity contribution in [2.45, 2.75) is 143 Å². The Morgan fingerprint density at radius 3 is 2.08 bits per heavy atom. The van der Waals surface area contributed by atoms with Gasteiger partial charge in [0.2, 0.25) is 11.7 Å². The monoisotopic (exact) mass is 531 g/mol. The van der Waals surface area contributed by atoms with Gasteiger partial charge in [-0.3, -0.25) is 9.59 Å². The smallest absolute Gasteiger partial charge is 0.222 e. The Hall–Kier alpha value is -1.10. The lowest BCUT2D eigenvalue weighted by molar-refractivity contribution is -0.272. The summed E-state index contributed by atoms with van der Waals surface area (Å²) in [7, 11) is 0. The summed E-state index contributed by atoms with van der Waals surface area (Å²) in [6.07, 6.45) is -1.99. The van der Waals surface area contributed by atoms with Crippen LogP contribution in [0.25, 0.3) is 0 Å². The third-order valence-electron chi connectivity index (χ3n) is 7.74. The van der Waals surface area contributed by atoms with Gasteiger partial charge >= 0.3 is 0 Å². The zero-order valence-electron chi connectivity index (χ0n) is 24.2. The van der Waals surface area contributed by atoms with Gasteiger partial charge < -0.3 is 35.2 Å². The van der Waals surface area contributed by atoms with Crippen molar-refractivity contribution >= 4 is 11.7 Å². The molecule has 9 atom stereocenters. The Balaban J connectivity index is 2.77. The Bertz CT molecular complexity index is 711. The predicted molar refractivity (Wildman–Crippen MR) is 142 cm³/mol. The molecule has 1 fully saturated rings. The first-order chi connectivity index (χ1) is 17.1. The second-order valence-corrected chi connectivity index (χ2v) is 12.0. The molecule has 5 N–H and O–H groups in total. The maximum Gasteiger partial charge on any atom is 0.222 e. The van der Waals surface area contributed by atoms with E-state index in [9.17, 15) is 30.0 Å². The molecule has 0 aromatic heterocycles. The van der Waals surface area contributed by atoms with E-state index in [2.05, 4.69) is 5.32 Å². The molecule has 9 nitrogen and oxygen atoms in total. The van der Waals surface area contributed by atoms with E-state index in [0.717, 1.165) is 12.8 Å². The van der Waals surface area contributed by atoms with Gasteiger partial charge in [-0.15, -0.1) is 0 Å². The molecule has 2 unspecified atom stereocenters. The number of amides is 1. The minimum atomic E-state index is -1.86. The molecule has 1 rings (SSSR count). The van der Waals surface area contributed by atoms with Gasteiger partial charge in [-0.25, -0.2) is 0 Å². The van der Waals surface area contributed by atoms with Crippen molar-refractivity contribution in [3.05, 3.63) is 0 Å². The third kappa shape index (κ3) is 10.5. The standard InChI is InChI=1S/C28H53NO8/c1-9-17(4)21(12-19(30)14-24(32)27(6,7)8)29-25(33)15-20(31)13-23(18(5)10-2)37-28(35)16-36-22(11-3)26(28)34/h17-23,26,30-31,34-35H,9-16H2,1-8H3,(H,29,33)/t17-,18-,19-,20-,21-,22-,23-,26?,28?/m0/s1. The number of hydrogen-bond donors (Lipinski definition) is 5. The lowest BCUT2D eigenvalue weighted by atomic mass is 9.85. The minimum Gasteiger partial charge on any atom is -0.393 e. The number of Topliss-reactive ketones (excluding diaryl/α,β-unsaturated/α-hetero) is 1. The predicted octanol–water partition coefficient (Wildman–Crippen LogP) is 2.70. The van der Waals surface area contributed by atoms with Gasteiger partial charge in [-0.05, 0) is 24.7 Å². The van der Waals surface area contributed by atoms with Crippen molar-refractivity contribution in [1.82, 2.24) is 5.32 Å². The first-order valence-electron chi connectivity index (χ1n) is 14.0. The zero-order valence-corrected chi connectivity index (χ0v) is 24.2. The topological polar surface area (TPSA) is 146 Å². The summed E-state index contributed by atoms with van der Waals surface area (Å²) in [4.78, 5) is 25.2. The summed E-state index contributed by atoms with van der Waals surface area (Å²) in [5.41, 5.74) is -0.542. The van der Waals surface area contributed by atoms with Crippen LogP contribution >= 0.6 is 0 Å². The fourth-order valence-electron chi connectivity index (χ4n) is 4.51. The maximum atomic E-state index is 12.8. The number of ether oxygens (including phenoxy) is 2. The summed E-state index contributed by atoms with van der Waals surface area (Å²) in [5, 5.41) is 45.5. The van der Waals surface area contributed by atoms with Gasteiger partial charge in [0, 0.05) is 24.3 Å². The quantitative estimate of drug-likeness (QED) is 0.191. The molecule has 1 amide bonds. The SMILES string of the molecule is CC[C@@H]1OCC(O)(O[C@@H](C[C@H](O)CC(=O)N[C@@H](C[C@H](O)CC(=O)C(C)(C)C)[C@@H](C)CC)[C@@H](C)CC)C1O. The Morgan fingerprint density at radius 1 is 1.03 bits per heavy atom. The number of rotatable bonds is 16. The van der Waals surface area contributed by atoms with Gasteiger partial charge in [0.05, 0.1) is 30.8 Å². The average molecular weight is 532 g/mol. The van der Waals surface area contributed by atoms with Crippen LogP contribution in [0.3, 0.4) is 0 Å². The van der Waals surface area contributed by atoms with E-state index >= 15 is 0 Å². The Kier molecular flexibility index (Phi) is 13.7. The molecule has 1 saturated heterocycles. The molecule has 1 aliphatic rings. The van der Waals surface area contributed by atoms with E-state index in [1.807, 2.05) is 55.4 Å². The highest BCUT2D eigenvalue weighted by Crippen LogP contribution is 2.32. The van der Waals surface area contributed by atoms with Crippen LogP contribution in [0.15, 0.2) is 0 Å². The minimum absolute atomic E-state index is 0.0280. The molecule has 0 saturated carbocycles. The average Bonchev–Trinajstić information content (AvgIpc) is 3.09. The van der Waals surface area contributed by atoms with E-state index in [0.29, 0.717) is 6.42 Å². The number of ketones is 1. The molecular formula is C28H53NO8. The molecule has 0 radical (unpaired) electrons. The van der Waals surface area contributed by atoms with Crippen molar-refractivity contribution in [3.63, 3.8) is 0 Å². The number of hydrogen-bond acceptors (Lipinski definition) is 8. The van der Waals surface area contributed by atoms with Crippen molar-refractivity contribution in [3.8, 4) is 0 Å². The van der Waals surface area contributed by atoms with E-state index < -0.39 is 41.7 Å². The summed E-state index contributed by atoms with van der Waals surface area (Å²) in [5.74, 6) is -2.23. The van der Waals surface area contributed by atoms with Gasteiger partial charge in [-0.1, -0.05) is 68.2 Å². The highest BCUT2D eigenvalue weighted by molar-refractivity contribution is 5.84. The van der Waals surface area contributed by atoms with Gasteiger partial charge in [0.1, 0.15) is 18.5 Å². The van der Waals surface area contributed by atoms with E-state index in [-0.39, 0.29) is 61.9 Å². The second kappa shape index (κ2) is 14.9. The van der Waals surface area contributed by atoms with Gasteiger partial charge in [0.25, 0.3) is 0 Å². The largest absolute Gasteiger partial charge is 0.393 e. The Morgan fingerprint density at radius 2 is 1.59 bits per heavy atom. The number of aliphatic hydroxyl groups excluding tert-OH is 3. The van der Waals surface area contributed by atoms with Gasteiger partial charge in [-0.2, -0.15) is 0 Å². The van der Waals surface area contributed by atoms with Crippen LogP contribution in [-0.4, -0.2) is 81.1 Å². The van der Waals surface area contributed by atoms with Crippen LogP contribution in [0.4, 0.5) is 0 Å². The fourth-order valence-corrected chi connectivity index (χ4v) is 4.51. The highest BCUT2D eigenvalue weighted by atomic mass is 16.7. The Labute approximate surface area is 223 Å². The van der Waals surface area contributed by atoms with Crippen LogP contribution < -0.4 is 5.32 Å². The number of carbonyl (C=O) groups excluding carboxylic acids is 2. The third-order valence-corrected chi connectivity index (χ3v) is 7.74. The molecule has 1 aliphatic heterocycles.